The van der Waals surface area contributed by atoms with Crippen molar-refractivity contribution in [3.8, 4) is 0 Å². The second kappa shape index (κ2) is 9.75. The SMILES string of the molecule is CCCS(=O)(=O)N1CCN(C2(C(F)NC(=O)c3ccccc3)CCCC(C)C2)CC1. The third kappa shape index (κ3) is 5.03. The van der Waals surface area contributed by atoms with Gasteiger partial charge in [-0.25, -0.2) is 12.8 Å². The molecular formula is C22H34FN3O3S. The molecule has 0 bridgehead atoms. The van der Waals surface area contributed by atoms with Crippen LogP contribution in [0.3, 0.4) is 0 Å². The van der Waals surface area contributed by atoms with Crippen molar-refractivity contribution in [1.82, 2.24) is 14.5 Å². The summed E-state index contributed by atoms with van der Waals surface area (Å²) in [6.45, 7) is 5.70. The van der Waals surface area contributed by atoms with Gasteiger partial charge in [-0.2, -0.15) is 4.31 Å². The first-order chi connectivity index (χ1) is 14.3. The van der Waals surface area contributed by atoms with Crippen molar-refractivity contribution < 1.29 is 17.6 Å². The number of amides is 1. The molecule has 1 amide bonds. The van der Waals surface area contributed by atoms with E-state index in [0.29, 0.717) is 56.9 Å². The Morgan fingerprint density at radius 3 is 2.50 bits per heavy atom. The molecule has 1 aliphatic carbocycles. The van der Waals surface area contributed by atoms with Crippen LogP contribution in [-0.4, -0.2) is 67.3 Å². The van der Waals surface area contributed by atoms with Crippen LogP contribution in [0.4, 0.5) is 4.39 Å². The number of carbonyl (C=O) groups is 1. The lowest BCUT2D eigenvalue weighted by Crippen LogP contribution is -2.66. The summed E-state index contributed by atoms with van der Waals surface area (Å²) in [7, 11) is -3.25. The van der Waals surface area contributed by atoms with Gasteiger partial charge in [-0.1, -0.05) is 44.9 Å². The second-order valence-electron chi connectivity index (χ2n) is 8.71. The van der Waals surface area contributed by atoms with E-state index in [1.807, 2.05) is 13.0 Å². The third-order valence-electron chi connectivity index (χ3n) is 6.50. The minimum Gasteiger partial charge on any atom is -0.321 e. The monoisotopic (exact) mass is 439 g/mol. The first-order valence-electron chi connectivity index (χ1n) is 11.0. The summed E-state index contributed by atoms with van der Waals surface area (Å²) in [6.07, 6.45) is 2.34. The molecule has 1 aromatic carbocycles. The molecule has 1 saturated carbocycles. The van der Waals surface area contributed by atoms with Crippen molar-refractivity contribution >= 4 is 15.9 Å². The Hall–Kier alpha value is -1.51. The number of halogens is 1. The Morgan fingerprint density at radius 1 is 1.23 bits per heavy atom. The van der Waals surface area contributed by atoms with Gasteiger partial charge in [-0.05, 0) is 37.3 Å². The molecule has 168 valence electrons. The zero-order valence-electron chi connectivity index (χ0n) is 18.0. The lowest BCUT2D eigenvalue weighted by molar-refractivity contribution is -0.0533. The summed E-state index contributed by atoms with van der Waals surface area (Å²) in [6, 6.07) is 8.69. The smallest absolute Gasteiger partial charge is 0.253 e. The second-order valence-corrected chi connectivity index (χ2v) is 10.8. The predicted molar refractivity (Wildman–Crippen MR) is 116 cm³/mol. The van der Waals surface area contributed by atoms with Crippen LogP contribution in [0.1, 0.15) is 56.3 Å². The lowest BCUT2D eigenvalue weighted by Gasteiger charge is -2.52. The van der Waals surface area contributed by atoms with Gasteiger partial charge >= 0.3 is 0 Å². The number of piperazine rings is 1. The number of hydrogen-bond acceptors (Lipinski definition) is 4. The van der Waals surface area contributed by atoms with E-state index in [1.54, 1.807) is 24.3 Å². The van der Waals surface area contributed by atoms with E-state index in [0.717, 1.165) is 12.8 Å². The maximum absolute atomic E-state index is 15.8. The third-order valence-corrected chi connectivity index (χ3v) is 8.57. The quantitative estimate of drug-likeness (QED) is 0.663. The van der Waals surface area contributed by atoms with E-state index in [2.05, 4.69) is 17.1 Å². The van der Waals surface area contributed by atoms with Gasteiger partial charge in [0.2, 0.25) is 10.0 Å². The van der Waals surface area contributed by atoms with Gasteiger partial charge in [-0.3, -0.25) is 9.69 Å². The number of nitrogens with one attached hydrogen (secondary N) is 1. The largest absolute Gasteiger partial charge is 0.321 e. The van der Waals surface area contributed by atoms with Gasteiger partial charge in [0.1, 0.15) is 0 Å². The standard InChI is InChI=1S/C22H34FN3O3S/c1-3-16-30(28,29)26-14-12-25(13-15-26)22(11-7-8-18(2)17-22)21(23)24-20(27)19-9-5-4-6-10-19/h4-6,9-10,18,21H,3,7-8,11-17H2,1-2H3,(H,24,27). The van der Waals surface area contributed by atoms with Crippen molar-refractivity contribution in [3.63, 3.8) is 0 Å². The van der Waals surface area contributed by atoms with Crippen LogP contribution in [0.2, 0.25) is 0 Å². The normalized spacial score (nSPS) is 27.5. The first kappa shape index (κ1) is 23.2. The van der Waals surface area contributed by atoms with Crippen LogP contribution in [0.5, 0.6) is 0 Å². The molecule has 30 heavy (non-hydrogen) atoms. The molecule has 3 unspecified atom stereocenters. The summed E-state index contributed by atoms with van der Waals surface area (Å²) >= 11 is 0. The lowest BCUT2D eigenvalue weighted by atomic mass is 9.74. The van der Waals surface area contributed by atoms with Gasteiger partial charge in [0, 0.05) is 31.7 Å². The molecule has 0 aromatic heterocycles. The number of nitrogens with zero attached hydrogens (tertiary/aromatic N) is 2. The molecule has 2 aliphatic rings. The Balaban J connectivity index is 1.75. The van der Waals surface area contributed by atoms with Gasteiger partial charge in [0.25, 0.3) is 5.91 Å². The summed E-state index contributed by atoms with van der Waals surface area (Å²) in [5.74, 6) is 0.0889. The van der Waals surface area contributed by atoms with E-state index in [4.69, 9.17) is 0 Å². The zero-order chi connectivity index (χ0) is 21.8. The predicted octanol–water partition coefficient (Wildman–Crippen LogP) is 3.02. The summed E-state index contributed by atoms with van der Waals surface area (Å²) in [5, 5.41) is 2.61. The van der Waals surface area contributed by atoms with Crippen LogP contribution < -0.4 is 5.32 Å². The fourth-order valence-corrected chi connectivity index (χ4v) is 6.46. The summed E-state index contributed by atoms with van der Waals surface area (Å²) < 4.78 is 42.1. The van der Waals surface area contributed by atoms with Crippen molar-refractivity contribution in [2.24, 2.45) is 5.92 Å². The number of carbonyl (C=O) groups excluding carboxylic acids is 1. The number of sulfonamides is 1. The highest BCUT2D eigenvalue weighted by atomic mass is 32.2. The van der Waals surface area contributed by atoms with Crippen LogP contribution in [0.25, 0.3) is 0 Å². The average Bonchev–Trinajstić information content (AvgIpc) is 2.74. The molecule has 0 radical (unpaired) electrons. The van der Waals surface area contributed by atoms with Crippen molar-refractivity contribution in [2.45, 2.75) is 57.8 Å². The van der Waals surface area contributed by atoms with E-state index in [-0.39, 0.29) is 5.75 Å². The number of hydrogen-bond donors (Lipinski definition) is 1. The maximum atomic E-state index is 15.8. The number of benzene rings is 1. The molecule has 2 fully saturated rings. The van der Waals surface area contributed by atoms with Crippen LogP contribution in [-0.2, 0) is 10.0 Å². The number of alkyl halides is 1. The molecular weight excluding hydrogens is 405 g/mol. The van der Waals surface area contributed by atoms with Crippen molar-refractivity contribution in [1.29, 1.82) is 0 Å². The topological polar surface area (TPSA) is 69.7 Å². The number of rotatable bonds is 7. The molecule has 3 atom stereocenters. The molecule has 0 spiro atoms. The molecule has 1 saturated heterocycles. The average molecular weight is 440 g/mol. The Kier molecular flexibility index (Phi) is 7.52. The van der Waals surface area contributed by atoms with E-state index in [9.17, 15) is 13.2 Å². The molecule has 6 nitrogen and oxygen atoms in total. The molecule has 1 aromatic rings. The molecule has 3 rings (SSSR count). The van der Waals surface area contributed by atoms with Crippen LogP contribution in [0.15, 0.2) is 30.3 Å². The highest BCUT2D eigenvalue weighted by Crippen LogP contribution is 2.40. The Bertz CT molecular complexity index is 812. The summed E-state index contributed by atoms with van der Waals surface area (Å²) in [4.78, 5) is 14.7. The van der Waals surface area contributed by atoms with E-state index in [1.165, 1.54) is 4.31 Å². The molecule has 1 heterocycles. The van der Waals surface area contributed by atoms with Gasteiger partial charge in [-0.15, -0.1) is 0 Å². The van der Waals surface area contributed by atoms with Crippen molar-refractivity contribution in [3.05, 3.63) is 35.9 Å². The fraction of sp³-hybridized carbons (Fsp3) is 0.682. The minimum atomic E-state index is -3.25. The van der Waals surface area contributed by atoms with Crippen LogP contribution >= 0.6 is 0 Å². The molecule has 1 aliphatic heterocycles. The van der Waals surface area contributed by atoms with Crippen molar-refractivity contribution in [2.75, 3.05) is 31.9 Å². The van der Waals surface area contributed by atoms with Gasteiger partial charge in [0.05, 0.1) is 11.3 Å². The van der Waals surface area contributed by atoms with Gasteiger partial charge in [0.15, 0.2) is 6.30 Å². The fourth-order valence-electron chi connectivity index (χ4n) is 4.96. The Morgan fingerprint density at radius 2 is 1.90 bits per heavy atom. The Labute approximate surface area is 179 Å². The highest BCUT2D eigenvalue weighted by molar-refractivity contribution is 7.89. The molecule has 8 heteroatoms. The molecule has 1 N–H and O–H groups in total. The van der Waals surface area contributed by atoms with Gasteiger partial charge < -0.3 is 5.32 Å². The van der Waals surface area contributed by atoms with E-state index >= 15 is 4.39 Å². The first-order valence-corrected chi connectivity index (χ1v) is 12.6. The minimum absolute atomic E-state index is 0.147. The van der Waals surface area contributed by atoms with Crippen LogP contribution in [0, 0.1) is 5.92 Å². The maximum Gasteiger partial charge on any atom is 0.253 e. The highest BCUT2D eigenvalue weighted by Gasteiger charge is 2.48. The van der Waals surface area contributed by atoms with E-state index < -0.39 is 27.8 Å². The summed E-state index contributed by atoms with van der Waals surface area (Å²) in [5.41, 5.74) is -0.349. The zero-order valence-corrected chi connectivity index (χ0v) is 18.8.